The van der Waals surface area contributed by atoms with Gasteiger partial charge in [0.05, 0.1) is 0 Å². The zero-order chi connectivity index (χ0) is 13.2. The Morgan fingerprint density at radius 1 is 1.26 bits per heavy atom. The molecule has 1 saturated carbocycles. The Kier molecular flexibility index (Phi) is 3.87. The maximum absolute atomic E-state index is 12.5. The smallest absolute Gasteiger partial charge is 0.254 e. The molecule has 1 aliphatic heterocycles. The lowest BCUT2D eigenvalue weighted by Gasteiger charge is -2.41. The topological polar surface area (TPSA) is 33.2 Å². The molecule has 2 atom stereocenters. The fourth-order valence-electron chi connectivity index (χ4n) is 3.50. The number of hydrogen-bond acceptors (Lipinski definition) is 2. The predicted octanol–water partition coefficient (Wildman–Crippen LogP) is 3.50. The molecule has 0 aromatic carbocycles. The van der Waals surface area contributed by atoms with Gasteiger partial charge < -0.3 is 4.90 Å². The van der Waals surface area contributed by atoms with Crippen molar-refractivity contribution < 1.29 is 4.79 Å². The minimum absolute atomic E-state index is 0.159. The fraction of sp³-hybridized carbons (Fsp3) is 0.600. The van der Waals surface area contributed by atoms with E-state index >= 15 is 0 Å². The van der Waals surface area contributed by atoms with E-state index in [9.17, 15) is 4.79 Å². The van der Waals surface area contributed by atoms with Crippen molar-refractivity contribution in [2.75, 3.05) is 13.1 Å². The Hall–Kier alpha value is -0.900. The maximum Gasteiger partial charge on any atom is 0.254 e. The molecule has 4 heteroatoms. The molecule has 0 radical (unpaired) electrons. The number of aromatic nitrogens is 1. The number of fused-ring (bicyclic) bond motifs is 1. The van der Waals surface area contributed by atoms with Gasteiger partial charge in [-0.25, -0.2) is 4.98 Å². The van der Waals surface area contributed by atoms with Crippen molar-refractivity contribution in [3.05, 3.63) is 28.5 Å². The van der Waals surface area contributed by atoms with E-state index in [1.165, 1.54) is 32.1 Å². The van der Waals surface area contributed by atoms with Gasteiger partial charge in [-0.3, -0.25) is 4.79 Å². The first-order valence-corrected chi connectivity index (χ1v) is 7.94. The van der Waals surface area contributed by atoms with E-state index in [4.69, 9.17) is 0 Å². The highest BCUT2D eigenvalue weighted by molar-refractivity contribution is 9.10. The third-order valence-electron chi connectivity index (χ3n) is 4.55. The number of rotatable bonds is 1. The highest BCUT2D eigenvalue weighted by atomic mass is 79.9. The number of nitrogens with zero attached hydrogens (tertiary/aromatic N) is 2. The van der Waals surface area contributed by atoms with Crippen LogP contribution in [0.15, 0.2) is 22.9 Å². The van der Waals surface area contributed by atoms with Crippen LogP contribution in [0.3, 0.4) is 0 Å². The van der Waals surface area contributed by atoms with Crippen LogP contribution < -0.4 is 0 Å². The maximum atomic E-state index is 12.5. The van der Waals surface area contributed by atoms with Crippen molar-refractivity contribution in [2.24, 2.45) is 11.8 Å². The number of pyridine rings is 1. The number of amides is 1. The summed E-state index contributed by atoms with van der Waals surface area (Å²) in [5, 5.41) is 0. The van der Waals surface area contributed by atoms with E-state index in [1.807, 2.05) is 11.0 Å². The van der Waals surface area contributed by atoms with E-state index in [1.54, 1.807) is 12.3 Å². The molecule has 3 rings (SSSR count). The number of hydrogen-bond donors (Lipinski definition) is 0. The number of carbonyl (C=O) groups excluding carboxylic acids is 1. The summed E-state index contributed by atoms with van der Waals surface area (Å²) in [6.07, 6.45) is 8.26. The van der Waals surface area contributed by atoms with Crippen LogP contribution in [-0.4, -0.2) is 28.9 Å². The second kappa shape index (κ2) is 5.61. The van der Waals surface area contributed by atoms with Crippen LogP contribution >= 0.6 is 15.9 Å². The molecule has 3 nitrogen and oxygen atoms in total. The predicted molar refractivity (Wildman–Crippen MR) is 77.9 cm³/mol. The Morgan fingerprint density at radius 2 is 2.05 bits per heavy atom. The summed E-state index contributed by atoms with van der Waals surface area (Å²) in [7, 11) is 0. The average Bonchev–Trinajstić information content (AvgIpc) is 2.46. The Balaban J connectivity index is 1.71. The number of halogens is 1. The van der Waals surface area contributed by atoms with Crippen LogP contribution in [0.5, 0.6) is 0 Å². The molecule has 2 fully saturated rings. The molecule has 1 amide bonds. The average molecular weight is 323 g/mol. The van der Waals surface area contributed by atoms with Gasteiger partial charge in [0.1, 0.15) is 4.60 Å². The van der Waals surface area contributed by atoms with Gasteiger partial charge in [-0.1, -0.05) is 19.3 Å². The van der Waals surface area contributed by atoms with Crippen LogP contribution in [0.4, 0.5) is 0 Å². The number of likely N-dealkylation sites (tertiary alicyclic amines) is 1. The van der Waals surface area contributed by atoms with Gasteiger partial charge in [-0.05, 0) is 52.7 Å². The third-order valence-corrected chi connectivity index (χ3v) is 4.99. The van der Waals surface area contributed by atoms with Crippen LogP contribution in [0.1, 0.15) is 42.5 Å². The Bertz CT molecular complexity index is 477. The highest BCUT2D eigenvalue weighted by Gasteiger charge is 2.33. The fourth-order valence-corrected chi connectivity index (χ4v) is 3.87. The van der Waals surface area contributed by atoms with Gasteiger partial charge in [0.2, 0.25) is 0 Å². The lowest BCUT2D eigenvalue weighted by Crippen LogP contribution is -2.44. The Labute approximate surface area is 122 Å². The first kappa shape index (κ1) is 13.1. The molecule has 1 saturated heterocycles. The van der Waals surface area contributed by atoms with Gasteiger partial charge >= 0.3 is 0 Å². The lowest BCUT2D eigenvalue weighted by atomic mass is 9.75. The molecular formula is C15H19BrN2O. The normalized spacial score (nSPS) is 26.9. The largest absolute Gasteiger partial charge is 0.338 e. The molecule has 2 heterocycles. The van der Waals surface area contributed by atoms with Crippen LogP contribution in [0.25, 0.3) is 0 Å². The molecule has 0 spiro atoms. The van der Waals surface area contributed by atoms with E-state index in [-0.39, 0.29) is 5.91 Å². The third kappa shape index (κ3) is 2.83. The molecule has 0 bridgehead atoms. The minimum atomic E-state index is 0.159. The van der Waals surface area contributed by atoms with Gasteiger partial charge in [-0.2, -0.15) is 0 Å². The van der Waals surface area contributed by atoms with Crippen molar-refractivity contribution in [3.63, 3.8) is 0 Å². The van der Waals surface area contributed by atoms with E-state index in [2.05, 4.69) is 20.9 Å². The number of carbonyl (C=O) groups is 1. The van der Waals surface area contributed by atoms with Gasteiger partial charge in [0.15, 0.2) is 0 Å². The molecule has 19 heavy (non-hydrogen) atoms. The summed E-state index contributed by atoms with van der Waals surface area (Å²) in [5.74, 6) is 1.76. The molecule has 1 aromatic heterocycles. The summed E-state index contributed by atoms with van der Waals surface area (Å²) < 4.78 is 0.728. The molecular weight excluding hydrogens is 304 g/mol. The van der Waals surface area contributed by atoms with Crippen molar-refractivity contribution in [2.45, 2.75) is 32.1 Å². The molecule has 2 unspecified atom stereocenters. The first-order valence-electron chi connectivity index (χ1n) is 7.15. The van der Waals surface area contributed by atoms with Crippen LogP contribution in [0.2, 0.25) is 0 Å². The summed E-state index contributed by atoms with van der Waals surface area (Å²) in [4.78, 5) is 18.6. The van der Waals surface area contributed by atoms with Crippen molar-refractivity contribution in [1.82, 2.24) is 9.88 Å². The lowest BCUT2D eigenvalue weighted by molar-refractivity contribution is 0.0520. The van der Waals surface area contributed by atoms with Crippen molar-refractivity contribution in [3.8, 4) is 0 Å². The molecule has 2 aliphatic rings. The van der Waals surface area contributed by atoms with E-state index in [0.717, 1.165) is 35.1 Å². The number of piperidine rings is 1. The van der Waals surface area contributed by atoms with E-state index in [0.29, 0.717) is 0 Å². The second-order valence-corrected chi connectivity index (χ2v) is 6.52. The SMILES string of the molecule is O=C(c1ccnc(Br)c1)N1CCC2CCCCC2C1. The zero-order valence-electron chi connectivity index (χ0n) is 11.0. The van der Waals surface area contributed by atoms with Gasteiger partial charge in [0, 0.05) is 24.8 Å². The molecule has 102 valence electrons. The molecule has 1 aromatic rings. The summed E-state index contributed by atoms with van der Waals surface area (Å²) in [5.41, 5.74) is 0.746. The molecule has 0 N–H and O–H groups in total. The van der Waals surface area contributed by atoms with Gasteiger partial charge in [0.25, 0.3) is 5.91 Å². The Morgan fingerprint density at radius 3 is 2.84 bits per heavy atom. The van der Waals surface area contributed by atoms with Gasteiger partial charge in [-0.15, -0.1) is 0 Å². The quantitative estimate of drug-likeness (QED) is 0.741. The monoisotopic (exact) mass is 322 g/mol. The summed E-state index contributed by atoms with van der Waals surface area (Å²) in [6.45, 7) is 1.86. The van der Waals surface area contributed by atoms with Crippen LogP contribution in [-0.2, 0) is 0 Å². The highest BCUT2D eigenvalue weighted by Crippen LogP contribution is 2.36. The van der Waals surface area contributed by atoms with E-state index < -0.39 is 0 Å². The van der Waals surface area contributed by atoms with Crippen LogP contribution in [0, 0.1) is 11.8 Å². The minimum Gasteiger partial charge on any atom is -0.338 e. The summed E-state index contributed by atoms with van der Waals surface area (Å²) in [6, 6.07) is 3.62. The second-order valence-electron chi connectivity index (χ2n) is 5.71. The summed E-state index contributed by atoms with van der Waals surface area (Å²) >= 11 is 3.33. The standard InChI is InChI=1S/C15H19BrN2O/c16-14-9-12(5-7-17-14)15(19)18-8-6-11-3-1-2-4-13(11)10-18/h5,7,9,11,13H,1-4,6,8,10H2. The van der Waals surface area contributed by atoms with Crippen molar-refractivity contribution in [1.29, 1.82) is 0 Å². The zero-order valence-corrected chi connectivity index (χ0v) is 12.6. The molecule has 1 aliphatic carbocycles. The first-order chi connectivity index (χ1) is 9.24. The van der Waals surface area contributed by atoms with Crippen molar-refractivity contribution >= 4 is 21.8 Å².